The Hall–Kier alpha value is -1.95. The standard InChI is InChI=1S/C10H14N6/c11-7-4-8-12-10-13-14-15-16(10)9-5-2-1-3-6-9/h1-3,5-6H,4,7-8,11H2,(H,12,13,15). The predicted octanol–water partition coefficient (Wildman–Crippen LogP) is 0.423. The first kappa shape index (κ1) is 10.6. The fourth-order valence-corrected chi connectivity index (χ4v) is 1.34. The summed E-state index contributed by atoms with van der Waals surface area (Å²) in [5.41, 5.74) is 6.35. The fraction of sp³-hybridized carbons (Fsp3) is 0.300. The van der Waals surface area contributed by atoms with Crippen molar-refractivity contribution in [2.24, 2.45) is 5.73 Å². The third-order valence-electron chi connectivity index (χ3n) is 2.13. The zero-order valence-electron chi connectivity index (χ0n) is 8.87. The molecule has 6 heteroatoms. The number of aromatic nitrogens is 4. The van der Waals surface area contributed by atoms with E-state index in [4.69, 9.17) is 5.73 Å². The average Bonchev–Trinajstić information content (AvgIpc) is 2.79. The van der Waals surface area contributed by atoms with Crippen molar-refractivity contribution in [3.8, 4) is 5.69 Å². The highest BCUT2D eigenvalue weighted by atomic mass is 15.6. The predicted molar refractivity (Wildman–Crippen MR) is 61.3 cm³/mol. The minimum atomic E-state index is 0.639. The Morgan fingerprint density at radius 1 is 1.25 bits per heavy atom. The molecular weight excluding hydrogens is 204 g/mol. The first-order chi connectivity index (χ1) is 7.92. The van der Waals surface area contributed by atoms with Gasteiger partial charge in [0.15, 0.2) is 0 Å². The van der Waals surface area contributed by atoms with Gasteiger partial charge in [-0.1, -0.05) is 23.3 Å². The number of nitrogens with two attached hydrogens (primary N) is 1. The molecule has 16 heavy (non-hydrogen) atoms. The monoisotopic (exact) mass is 218 g/mol. The molecule has 1 heterocycles. The molecule has 0 aliphatic rings. The minimum absolute atomic E-state index is 0.639. The van der Waals surface area contributed by atoms with Gasteiger partial charge in [0.1, 0.15) is 0 Å². The molecule has 0 atom stereocenters. The van der Waals surface area contributed by atoms with Gasteiger partial charge >= 0.3 is 0 Å². The number of tetrazole rings is 1. The van der Waals surface area contributed by atoms with Crippen LogP contribution in [0.1, 0.15) is 6.42 Å². The maximum Gasteiger partial charge on any atom is 0.247 e. The summed E-state index contributed by atoms with van der Waals surface area (Å²) in [5.74, 6) is 0.639. The Morgan fingerprint density at radius 2 is 2.06 bits per heavy atom. The normalized spacial score (nSPS) is 10.3. The molecule has 0 saturated carbocycles. The lowest BCUT2D eigenvalue weighted by Gasteiger charge is -2.05. The van der Waals surface area contributed by atoms with Gasteiger partial charge in [0.2, 0.25) is 5.95 Å². The zero-order chi connectivity index (χ0) is 11.2. The van der Waals surface area contributed by atoms with Gasteiger partial charge in [-0.05, 0) is 35.5 Å². The molecule has 0 aliphatic heterocycles. The van der Waals surface area contributed by atoms with Gasteiger partial charge < -0.3 is 11.1 Å². The molecule has 1 aromatic heterocycles. The van der Waals surface area contributed by atoms with E-state index in [9.17, 15) is 0 Å². The second-order valence-electron chi connectivity index (χ2n) is 3.32. The number of nitrogens with one attached hydrogen (secondary N) is 1. The van der Waals surface area contributed by atoms with E-state index in [2.05, 4.69) is 20.8 Å². The summed E-state index contributed by atoms with van der Waals surface area (Å²) in [5, 5.41) is 14.6. The van der Waals surface area contributed by atoms with Gasteiger partial charge in [0, 0.05) is 6.54 Å². The minimum Gasteiger partial charge on any atom is -0.353 e. The molecule has 0 unspecified atom stereocenters. The van der Waals surface area contributed by atoms with Crippen LogP contribution in [0, 0.1) is 0 Å². The Labute approximate surface area is 93.5 Å². The lowest BCUT2D eigenvalue weighted by atomic mass is 10.3. The van der Waals surface area contributed by atoms with Crippen molar-refractivity contribution >= 4 is 5.95 Å². The highest BCUT2D eigenvalue weighted by molar-refractivity contribution is 5.38. The molecule has 0 bridgehead atoms. The first-order valence-electron chi connectivity index (χ1n) is 5.19. The summed E-state index contributed by atoms with van der Waals surface area (Å²) >= 11 is 0. The van der Waals surface area contributed by atoms with E-state index in [1.54, 1.807) is 4.68 Å². The van der Waals surface area contributed by atoms with Crippen molar-refractivity contribution < 1.29 is 0 Å². The molecular formula is C10H14N6. The van der Waals surface area contributed by atoms with Crippen molar-refractivity contribution in [3.05, 3.63) is 30.3 Å². The van der Waals surface area contributed by atoms with Crippen LogP contribution in [0.3, 0.4) is 0 Å². The third-order valence-corrected chi connectivity index (χ3v) is 2.13. The molecule has 0 radical (unpaired) electrons. The van der Waals surface area contributed by atoms with E-state index in [0.717, 1.165) is 18.7 Å². The number of nitrogens with zero attached hydrogens (tertiary/aromatic N) is 4. The maximum absolute atomic E-state index is 5.42. The van der Waals surface area contributed by atoms with Gasteiger partial charge in [-0.2, -0.15) is 4.68 Å². The number of hydrogen-bond acceptors (Lipinski definition) is 5. The van der Waals surface area contributed by atoms with E-state index >= 15 is 0 Å². The maximum atomic E-state index is 5.42. The smallest absolute Gasteiger partial charge is 0.247 e. The van der Waals surface area contributed by atoms with Crippen molar-refractivity contribution in [2.45, 2.75) is 6.42 Å². The van der Waals surface area contributed by atoms with Crippen LogP contribution in [0.15, 0.2) is 30.3 Å². The van der Waals surface area contributed by atoms with E-state index < -0.39 is 0 Å². The highest BCUT2D eigenvalue weighted by Gasteiger charge is 2.05. The number of benzene rings is 1. The van der Waals surface area contributed by atoms with Gasteiger partial charge in [0.05, 0.1) is 5.69 Å². The molecule has 3 N–H and O–H groups in total. The van der Waals surface area contributed by atoms with Crippen molar-refractivity contribution in [2.75, 3.05) is 18.4 Å². The Bertz CT molecular complexity index is 424. The molecule has 0 aliphatic carbocycles. The lowest BCUT2D eigenvalue weighted by Crippen LogP contribution is -2.12. The largest absolute Gasteiger partial charge is 0.353 e. The van der Waals surface area contributed by atoms with E-state index in [1.165, 1.54) is 0 Å². The molecule has 84 valence electrons. The average molecular weight is 218 g/mol. The molecule has 6 nitrogen and oxygen atoms in total. The van der Waals surface area contributed by atoms with Gasteiger partial charge in [-0.3, -0.25) is 0 Å². The molecule has 1 aromatic carbocycles. The summed E-state index contributed by atoms with van der Waals surface area (Å²) in [6.07, 6.45) is 0.891. The van der Waals surface area contributed by atoms with Crippen LogP contribution in [0.25, 0.3) is 5.69 Å². The summed E-state index contributed by atoms with van der Waals surface area (Å²) in [4.78, 5) is 0. The summed E-state index contributed by atoms with van der Waals surface area (Å²) in [6.45, 7) is 1.42. The number of rotatable bonds is 5. The molecule has 0 fully saturated rings. The number of hydrogen-bond donors (Lipinski definition) is 2. The third kappa shape index (κ3) is 2.34. The lowest BCUT2D eigenvalue weighted by molar-refractivity contribution is 0.786. The van der Waals surface area contributed by atoms with Crippen molar-refractivity contribution in [1.29, 1.82) is 0 Å². The zero-order valence-corrected chi connectivity index (χ0v) is 8.87. The molecule has 0 spiro atoms. The van der Waals surface area contributed by atoms with Crippen LogP contribution >= 0.6 is 0 Å². The second-order valence-corrected chi connectivity index (χ2v) is 3.32. The Balaban J connectivity index is 2.13. The summed E-state index contributed by atoms with van der Waals surface area (Å²) in [7, 11) is 0. The van der Waals surface area contributed by atoms with Crippen LogP contribution in [0.5, 0.6) is 0 Å². The fourth-order valence-electron chi connectivity index (χ4n) is 1.34. The Kier molecular flexibility index (Phi) is 3.45. The van der Waals surface area contributed by atoms with Crippen LogP contribution in [0.4, 0.5) is 5.95 Å². The first-order valence-corrected chi connectivity index (χ1v) is 5.19. The Morgan fingerprint density at radius 3 is 2.81 bits per heavy atom. The number of para-hydroxylation sites is 1. The van der Waals surface area contributed by atoms with E-state index in [-0.39, 0.29) is 0 Å². The summed E-state index contributed by atoms with van der Waals surface area (Å²) in [6, 6.07) is 9.74. The topological polar surface area (TPSA) is 81.7 Å². The van der Waals surface area contributed by atoms with Crippen LogP contribution < -0.4 is 11.1 Å². The van der Waals surface area contributed by atoms with E-state index in [0.29, 0.717) is 12.5 Å². The molecule has 2 rings (SSSR count). The number of anilines is 1. The molecule has 0 amide bonds. The molecule has 2 aromatic rings. The second kappa shape index (κ2) is 5.22. The van der Waals surface area contributed by atoms with Gasteiger partial charge in [0.25, 0.3) is 0 Å². The van der Waals surface area contributed by atoms with Crippen LogP contribution in [-0.4, -0.2) is 33.3 Å². The quantitative estimate of drug-likeness (QED) is 0.711. The van der Waals surface area contributed by atoms with Gasteiger partial charge in [-0.25, -0.2) is 0 Å². The van der Waals surface area contributed by atoms with Crippen molar-refractivity contribution in [1.82, 2.24) is 20.2 Å². The SMILES string of the molecule is NCCCNc1nnnn1-c1ccccc1. The molecule has 0 saturated heterocycles. The van der Waals surface area contributed by atoms with Gasteiger partial charge in [-0.15, -0.1) is 0 Å². The summed E-state index contributed by atoms with van der Waals surface area (Å²) < 4.78 is 1.66. The van der Waals surface area contributed by atoms with Crippen LogP contribution in [0.2, 0.25) is 0 Å². The van der Waals surface area contributed by atoms with Crippen LogP contribution in [-0.2, 0) is 0 Å². The van der Waals surface area contributed by atoms with Crippen molar-refractivity contribution in [3.63, 3.8) is 0 Å². The highest BCUT2D eigenvalue weighted by Crippen LogP contribution is 2.09. The van der Waals surface area contributed by atoms with E-state index in [1.807, 2.05) is 30.3 Å².